The van der Waals surface area contributed by atoms with E-state index in [1.807, 2.05) is 0 Å². The minimum absolute atomic E-state index is 0.198. The Balaban J connectivity index is 2.65. The highest BCUT2D eigenvalue weighted by Crippen LogP contribution is 2.03. The third-order valence-corrected chi connectivity index (χ3v) is 1.82. The Morgan fingerprint density at radius 2 is 2.43 bits per heavy atom. The van der Waals surface area contributed by atoms with Crippen LogP contribution in [0.4, 0.5) is 0 Å². The highest BCUT2D eigenvalue weighted by atomic mass is 16.3. The fourth-order valence-corrected chi connectivity index (χ4v) is 1.16. The lowest BCUT2D eigenvalue weighted by atomic mass is 10.2. The Labute approximate surface area is 82.7 Å². The molecule has 5 heteroatoms. The fourth-order valence-electron chi connectivity index (χ4n) is 1.16. The predicted octanol–water partition coefficient (Wildman–Crippen LogP) is -0.161. The van der Waals surface area contributed by atoms with Gasteiger partial charge in [-0.25, -0.2) is 0 Å². The Bertz CT molecular complexity index is 331. The minimum Gasteiger partial charge on any atom is -0.392 e. The van der Waals surface area contributed by atoms with E-state index in [-0.39, 0.29) is 12.5 Å². The molecule has 1 amide bonds. The van der Waals surface area contributed by atoms with Crippen molar-refractivity contribution in [3.8, 4) is 0 Å². The van der Waals surface area contributed by atoms with Gasteiger partial charge in [-0.2, -0.15) is 5.10 Å². The number of aliphatic hydroxyl groups excluding tert-OH is 1. The molecule has 0 bridgehead atoms. The van der Waals surface area contributed by atoms with Crippen LogP contribution in [0.25, 0.3) is 0 Å². The van der Waals surface area contributed by atoms with Gasteiger partial charge in [-0.15, -0.1) is 0 Å². The average Bonchev–Trinajstić information content (AvgIpc) is 2.41. The second-order valence-electron chi connectivity index (χ2n) is 3.36. The molecule has 0 unspecified atom stereocenters. The number of aromatic nitrogens is 2. The topological polar surface area (TPSA) is 67.2 Å². The number of hydrogen-bond acceptors (Lipinski definition) is 3. The van der Waals surface area contributed by atoms with Gasteiger partial charge in [0.2, 0.25) is 0 Å². The number of nitrogens with zero attached hydrogens (tertiary/aromatic N) is 2. The minimum atomic E-state index is -0.532. The Hall–Kier alpha value is -1.36. The van der Waals surface area contributed by atoms with Crippen molar-refractivity contribution in [1.29, 1.82) is 0 Å². The number of amides is 1. The fraction of sp³-hybridized carbons (Fsp3) is 0.556. The summed E-state index contributed by atoms with van der Waals surface area (Å²) in [6.45, 7) is 3.65. The Morgan fingerprint density at radius 1 is 1.79 bits per heavy atom. The summed E-state index contributed by atoms with van der Waals surface area (Å²) in [5, 5.41) is 15.6. The predicted molar refractivity (Wildman–Crippen MR) is 52.0 cm³/mol. The average molecular weight is 197 g/mol. The second-order valence-corrected chi connectivity index (χ2v) is 3.36. The summed E-state index contributed by atoms with van der Waals surface area (Å²) >= 11 is 0. The number of carbonyl (C=O) groups excluding carboxylic acids is 1. The van der Waals surface area contributed by atoms with Gasteiger partial charge in [0, 0.05) is 19.8 Å². The molecule has 0 saturated carbocycles. The quantitative estimate of drug-likeness (QED) is 0.707. The van der Waals surface area contributed by atoms with Gasteiger partial charge in [0.1, 0.15) is 0 Å². The molecule has 5 nitrogen and oxygen atoms in total. The lowest BCUT2D eigenvalue weighted by Gasteiger charge is -2.05. The van der Waals surface area contributed by atoms with Gasteiger partial charge in [0.15, 0.2) is 0 Å². The van der Waals surface area contributed by atoms with Crippen LogP contribution in [0.1, 0.15) is 23.0 Å². The molecule has 0 aliphatic heterocycles. The normalized spacial score (nSPS) is 12.6. The number of rotatable bonds is 3. The number of aliphatic hydroxyl groups is 1. The molecule has 1 aromatic heterocycles. The van der Waals surface area contributed by atoms with Crippen LogP contribution in [0.2, 0.25) is 0 Å². The maximum atomic E-state index is 11.5. The van der Waals surface area contributed by atoms with Gasteiger partial charge in [-0.05, 0) is 13.8 Å². The van der Waals surface area contributed by atoms with Crippen molar-refractivity contribution in [2.75, 3.05) is 6.54 Å². The van der Waals surface area contributed by atoms with Crippen LogP contribution in [0.15, 0.2) is 6.20 Å². The standard InChI is InChI=1S/C9H15N3O2/c1-6(13)4-10-9(14)8-5-12(3)11-7(8)2/h5-6,13H,4H2,1-3H3,(H,10,14)/t6-/m1/s1. The summed E-state index contributed by atoms with van der Waals surface area (Å²) in [5.74, 6) is -0.198. The van der Waals surface area contributed by atoms with Crippen LogP contribution in [-0.2, 0) is 7.05 Å². The van der Waals surface area contributed by atoms with E-state index < -0.39 is 6.10 Å². The van der Waals surface area contributed by atoms with Crippen LogP contribution in [0.3, 0.4) is 0 Å². The first-order chi connectivity index (χ1) is 6.50. The van der Waals surface area contributed by atoms with E-state index in [1.165, 1.54) is 0 Å². The molecule has 0 saturated heterocycles. The number of carbonyl (C=O) groups is 1. The summed E-state index contributed by atoms with van der Waals surface area (Å²) < 4.78 is 1.59. The van der Waals surface area contributed by atoms with Crippen molar-refractivity contribution in [3.63, 3.8) is 0 Å². The molecule has 0 spiro atoms. The molecule has 78 valence electrons. The smallest absolute Gasteiger partial charge is 0.254 e. The van der Waals surface area contributed by atoms with E-state index in [1.54, 1.807) is 31.8 Å². The maximum absolute atomic E-state index is 11.5. The first-order valence-corrected chi connectivity index (χ1v) is 4.47. The molecule has 1 rings (SSSR count). The van der Waals surface area contributed by atoms with E-state index in [4.69, 9.17) is 5.11 Å². The molecule has 0 aliphatic carbocycles. The van der Waals surface area contributed by atoms with Crippen molar-refractivity contribution in [3.05, 3.63) is 17.5 Å². The van der Waals surface area contributed by atoms with Crippen LogP contribution < -0.4 is 5.32 Å². The van der Waals surface area contributed by atoms with Crippen LogP contribution in [0.5, 0.6) is 0 Å². The number of nitrogens with one attached hydrogen (secondary N) is 1. The van der Waals surface area contributed by atoms with Gasteiger partial charge in [-0.1, -0.05) is 0 Å². The largest absolute Gasteiger partial charge is 0.392 e. The molecule has 1 heterocycles. The molecule has 0 aromatic carbocycles. The van der Waals surface area contributed by atoms with Gasteiger partial charge >= 0.3 is 0 Å². The number of hydrogen-bond donors (Lipinski definition) is 2. The molecule has 0 aliphatic rings. The Morgan fingerprint density at radius 3 is 2.86 bits per heavy atom. The third-order valence-electron chi connectivity index (χ3n) is 1.82. The SMILES string of the molecule is Cc1nn(C)cc1C(=O)NC[C@@H](C)O. The zero-order chi connectivity index (χ0) is 10.7. The van der Waals surface area contributed by atoms with E-state index in [2.05, 4.69) is 10.4 Å². The summed E-state index contributed by atoms with van der Waals surface area (Å²) in [4.78, 5) is 11.5. The van der Waals surface area contributed by atoms with E-state index >= 15 is 0 Å². The van der Waals surface area contributed by atoms with E-state index in [0.717, 1.165) is 0 Å². The van der Waals surface area contributed by atoms with Crippen LogP contribution in [0, 0.1) is 6.92 Å². The Kier molecular flexibility index (Phi) is 3.24. The first-order valence-electron chi connectivity index (χ1n) is 4.47. The van der Waals surface area contributed by atoms with Gasteiger partial charge in [-0.3, -0.25) is 9.48 Å². The van der Waals surface area contributed by atoms with E-state index in [9.17, 15) is 4.79 Å². The molecular weight excluding hydrogens is 182 g/mol. The zero-order valence-corrected chi connectivity index (χ0v) is 8.61. The molecule has 0 radical (unpaired) electrons. The van der Waals surface area contributed by atoms with Crippen molar-refractivity contribution in [2.24, 2.45) is 7.05 Å². The molecular formula is C9H15N3O2. The maximum Gasteiger partial charge on any atom is 0.254 e. The lowest BCUT2D eigenvalue weighted by Crippen LogP contribution is -2.30. The monoisotopic (exact) mass is 197 g/mol. The highest BCUT2D eigenvalue weighted by molar-refractivity contribution is 5.94. The lowest BCUT2D eigenvalue weighted by molar-refractivity contribution is 0.0923. The summed E-state index contributed by atoms with van der Waals surface area (Å²) in [5.41, 5.74) is 1.24. The van der Waals surface area contributed by atoms with E-state index in [0.29, 0.717) is 11.3 Å². The summed E-state index contributed by atoms with van der Waals surface area (Å²) in [6.07, 6.45) is 1.13. The summed E-state index contributed by atoms with van der Waals surface area (Å²) in [6, 6.07) is 0. The van der Waals surface area contributed by atoms with Gasteiger partial charge in [0.05, 0.1) is 17.4 Å². The first kappa shape index (κ1) is 10.7. The molecule has 0 fully saturated rings. The summed E-state index contributed by atoms with van der Waals surface area (Å²) in [7, 11) is 1.76. The van der Waals surface area contributed by atoms with Gasteiger partial charge < -0.3 is 10.4 Å². The molecule has 2 N–H and O–H groups in total. The second kappa shape index (κ2) is 4.23. The zero-order valence-electron chi connectivity index (χ0n) is 8.61. The molecule has 1 atom stereocenters. The van der Waals surface area contributed by atoms with Crippen molar-refractivity contribution < 1.29 is 9.90 Å². The number of aryl methyl sites for hydroxylation is 2. The van der Waals surface area contributed by atoms with Crippen molar-refractivity contribution >= 4 is 5.91 Å². The van der Waals surface area contributed by atoms with Gasteiger partial charge in [0.25, 0.3) is 5.91 Å². The third kappa shape index (κ3) is 2.56. The van der Waals surface area contributed by atoms with Crippen LogP contribution in [-0.4, -0.2) is 33.4 Å². The highest BCUT2D eigenvalue weighted by Gasteiger charge is 2.12. The molecule has 14 heavy (non-hydrogen) atoms. The van der Waals surface area contributed by atoms with Crippen molar-refractivity contribution in [2.45, 2.75) is 20.0 Å². The van der Waals surface area contributed by atoms with Crippen LogP contribution >= 0.6 is 0 Å². The van der Waals surface area contributed by atoms with Crippen molar-refractivity contribution in [1.82, 2.24) is 15.1 Å². The molecule has 1 aromatic rings.